The monoisotopic (exact) mass is 473 g/mol. The average molecular weight is 473 g/mol. The van der Waals surface area contributed by atoms with Gasteiger partial charge in [-0.1, -0.05) is 18.2 Å². The van der Waals surface area contributed by atoms with E-state index in [2.05, 4.69) is 10.6 Å². The SMILES string of the molecule is CN/C=C(\C=N)[C@@H]1[C@@H](C(=O)Nc2cc(F)cc(C#N)c2)c2ccccc2C(=O)N1CC(F)(F)F. The minimum atomic E-state index is -4.78. The molecule has 2 atom stereocenters. The van der Waals surface area contributed by atoms with Gasteiger partial charge in [-0.15, -0.1) is 0 Å². The summed E-state index contributed by atoms with van der Waals surface area (Å²) in [6.45, 7) is -1.65. The van der Waals surface area contributed by atoms with Crippen molar-refractivity contribution in [3.8, 4) is 6.07 Å². The third-order valence-electron chi connectivity index (χ3n) is 5.18. The van der Waals surface area contributed by atoms with Crippen molar-refractivity contribution in [3.05, 3.63) is 76.7 Å². The fraction of sp³-hybridized carbons (Fsp3) is 0.217. The van der Waals surface area contributed by atoms with Crippen molar-refractivity contribution in [2.24, 2.45) is 0 Å². The predicted octanol–water partition coefficient (Wildman–Crippen LogP) is 3.56. The van der Waals surface area contributed by atoms with Crippen LogP contribution in [-0.4, -0.2) is 48.7 Å². The Morgan fingerprint density at radius 1 is 1.26 bits per heavy atom. The van der Waals surface area contributed by atoms with Crippen molar-refractivity contribution < 1.29 is 27.2 Å². The highest BCUT2D eigenvalue weighted by Gasteiger charge is 2.48. The van der Waals surface area contributed by atoms with E-state index in [9.17, 15) is 27.2 Å². The summed E-state index contributed by atoms with van der Waals surface area (Å²) < 4.78 is 54.3. The number of fused-ring (bicyclic) bond motifs is 1. The number of alkyl halides is 3. The minimum Gasteiger partial charge on any atom is -0.394 e. The normalized spacial score (nSPS) is 18.1. The molecule has 0 radical (unpaired) electrons. The molecule has 1 aliphatic heterocycles. The van der Waals surface area contributed by atoms with Crippen molar-refractivity contribution in [1.29, 1.82) is 10.7 Å². The zero-order valence-corrected chi connectivity index (χ0v) is 17.8. The second-order valence-corrected chi connectivity index (χ2v) is 7.46. The van der Waals surface area contributed by atoms with Crippen LogP contribution in [0.25, 0.3) is 0 Å². The van der Waals surface area contributed by atoms with E-state index in [1.54, 1.807) is 6.07 Å². The van der Waals surface area contributed by atoms with Gasteiger partial charge in [-0.05, 0) is 29.8 Å². The van der Waals surface area contributed by atoms with Gasteiger partial charge in [-0.2, -0.15) is 18.4 Å². The number of halogens is 4. The standard InChI is InChI=1S/C23H19F4N5O2/c1-30-11-14(10-29)20-19(21(33)31-16-7-13(9-28)6-15(24)8-16)17-4-2-3-5-18(17)22(34)32(20)12-23(25,26)27/h2-8,10-11,19-20,29-30H,12H2,1H3,(H,31,33)/b14-11+,29-10?/t19-,20+/m0/s1. The number of hydrogen-bond acceptors (Lipinski definition) is 5. The number of anilines is 1. The van der Waals surface area contributed by atoms with Gasteiger partial charge >= 0.3 is 6.18 Å². The number of hydrogen-bond donors (Lipinski definition) is 3. The van der Waals surface area contributed by atoms with Crippen LogP contribution in [-0.2, 0) is 4.79 Å². The van der Waals surface area contributed by atoms with E-state index < -0.39 is 42.3 Å². The first-order valence-corrected chi connectivity index (χ1v) is 9.95. The van der Waals surface area contributed by atoms with Crippen molar-refractivity contribution in [2.75, 3.05) is 18.9 Å². The Hall–Kier alpha value is -4.20. The van der Waals surface area contributed by atoms with E-state index in [0.717, 1.165) is 18.3 Å². The van der Waals surface area contributed by atoms with Crippen LogP contribution in [0.3, 0.4) is 0 Å². The molecule has 7 nitrogen and oxygen atoms in total. The molecule has 0 aliphatic carbocycles. The van der Waals surface area contributed by atoms with Crippen molar-refractivity contribution >= 4 is 23.7 Å². The Morgan fingerprint density at radius 3 is 2.59 bits per heavy atom. The van der Waals surface area contributed by atoms with Gasteiger partial charge in [-0.3, -0.25) is 9.59 Å². The summed E-state index contributed by atoms with van der Waals surface area (Å²) in [5, 5.41) is 21.9. The molecule has 11 heteroatoms. The van der Waals surface area contributed by atoms with Gasteiger partial charge in [0.2, 0.25) is 5.91 Å². The second-order valence-electron chi connectivity index (χ2n) is 7.46. The molecular weight excluding hydrogens is 454 g/mol. The fourth-order valence-corrected chi connectivity index (χ4v) is 3.94. The quantitative estimate of drug-likeness (QED) is 0.440. The molecule has 1 aliphatic rings. The van der Waals surface area contributed by atoms with Crippen LogP contribution in [0.2, 0.25) is 0 Å². The van der Waals surface area contributed by atoms with Gasteiger partial charge in [0.15, 0.2) is 0 Å². The first-order valence-electron chi connectivity index (χ1n) is 9.95. The summed E-state index contributed by atoms with van der Waals surface area (Å²) in [7, 11) is 1.46. The lowest BCUT2D eigenvalue weighted by Gasteiger charge is -2.42. The molecule has 0 aromatic heterocycles. The van der Waals surface area contributed by atoms with E-state index in [1.807, 2.05) is 0 Å². The molecule has 0 saturated heterocycles. The molecule has 176 valence electrons. The topological polar surface area (TPSA) is 109 Å². The van der Waals surface area contributed by atoms with Gasteiger partial charge < -0.3 is 20.9 Å². The molecule has 2 amide bonds. The zero-order chi connectivity index (χ0) is 25.0. The van der Waals surface area contributed by atoms with Crippen LogP contribution in [0.4, 0.5) is 23.2 Å². The maximum absolute atomic E-state index is 13.9. The lowest BCUT2D eigenvalue weighted by atomic mass is 9.79. The Morgan fingerprint density at radius 2 is 1.97 bits per heavy atom. The van der Waals surface area contributed by atoms with Crippen LogP contribution >= 0.6 is 0 Å². The lowest BCUT2D eigenvalue weighted by Crippen LogP contribution is -2.55. The summed E-state index contributed by atoms with van der Waals surface area (Å²) >= 11 is 0. The smallest absolute Gasteiger partial charge is 0.394 e. The molecule has 34 heavy (non-hydrogen) atoms. The first-order chi connectivity index (χ1) is 16.1. The van der Waals surface area contributed by atoms with Gasteiger partial charge in [0.25, 0.3) is 5.91 Å². The summed E-state index contributed by atoms with van der Waals surface area (Å²) in [5.74, 6) is -3.94. The van der Waals surface area contributed by atoms with Crippen molar-refractivity contribution in [1.82, 2.24) is 10.2 Å². The number of benzene rings is 2. The van der Waals surface area contributed by atoms with Crippen LogP contribution in [0.1, 0.15) is 27.4 Å². The van der Waals surface area contributed by atoms with E-state index in [0.29, 0.717) is 4.90 Å². The van der Waals surface area contributed by atoms with E-state index >= 15 is 0 Å². The molecule has 0 unspecified atom stereocenters. The number of amides is 2. The molecule has 1 heterocycles. The minimum absolute atomic E-state index is 0.0493. The Bertz CT molecular complexity index is 1200. The number of nitrogens with one attached hydrogen (secondary N) is 3. The van der Waals surface area contributed by atoms with Crippen LogP contribution < -0.4 is 10.6 Å². The molecule has 2 aromatic rings. The molecule has 0 spiro atoms. The first kappa shape index (κ1) is 24.4. The van der Waals surface area contributed by atoms with Gasteiger partial charge in [0.05, 0.1) is 23.6 Å². The van der Waals surface area contributed by atoms with Crippen LogP contribution in [0, 0.1) is 22.6 Å². The molecule has 0 fully saturated rings. The van der Waals surface area contributed by atoms with Crippen molar-refractivity contribution in [3.63, 3.8) is 0 Å². The molecule has 2 aromatic carbocycles. The second kappa shape index (κ2) is 9.74. The number of nitrogens with zero attached hydrogens (tertiary/aromatic N) is 2. The molecular formula is C23H19F4N5O2. The fourth-order valence-electron chi connectivity index (χ4n) is 3.94. The van der Waals surface area contributed by atoms with Crippen LogP contribution in [0.5, 0.6) is 0 Å². The molecule has 3 rings (SSSR count). The highest BCUT2D eigenvalue weighted by atomic mass is 19.4. The van der Waals surface area contributed by atoms with E-state index in [4.69, 9.17) is 10.7 Å². The molecule has 0 bridgehead atoms. The lowest BCUT2D eigenvalue weighted by molar-refractivity contribution is -0.146. The van der Waals surface area contributed by atoms with Crippen molar-refractivity contribution in [2.45, 2.75) is 18.1 Å². The Labute approximate surface area is 192 Å². The summed E-state index contributed by atoms with van der Waals surface area (Å²) in [4.78, 5) is 27.0. The number of carbonyl (C=O) groups excluding carboxylic acids is 2. The Kier molecular flexibility index (Phi) is 7.00. The van der Waals surface area contributed by atoms with Gasteiger partial charge in [0, 0.05) is 36.3 Å². The predicted molar refractivity (Wildman–Crippen MR) is 116 cm³/mol. The number of carbonyl (C=O) groups is 2. The zero-order valence-electron chi connectivity index (χ0n) is 17.8. The molecule has 0 saturated carbocycles. The van der Waals surface area contributed by atoms with E-state index in [1.165, 1.54) is 43.6 Å². The maximum atomic E-state index is 13.9. The maximum Gasteiger partial charge on any atom is 0.406 e. The van der Waals surface area contributed by atoms with Gasteiger partial charge in [-0.25, -0.2) is 4.39 Å². The summed E-state index contributed by atoms with van der Waals surface area (Å²) in [6, 6.07) is 9.16. The highest BCUT2D eigenvalue weighted by molar-refractivity contribution is 6.06. The largest absolute Gasteiger partial charge is 0.406 e. The highest BCUT2D eigenvalue weighted by Crippen LogP contribution is 2.38. The van der Waals surface area contributed by atoms with Crippen LogP contribution in [0.15, 0.2) is 54.2 Å². The third-order valence-corrected chi connectivity index (χ3v) is 5.18. The number of rotatable bonds is 6. The Balaban J connectivity index is 2.18. The summed E-state index contributed by atoms with van der Waals surface area (Å²) in [6.07, 6.45) is -2.78. The summed E-state index contributed by atoms with van der Waals surface area (Å²) in [5.41, 5.74) is -0.124. The average Bonchev–Trinajstić information content (AvgIpc) is 2.78. The molecule has 3 N–H and O–H groups in total. The third kappa shape index (κ3) is 5.06. The van der Waals surface area contributed by atoms with E-state index in [-0.39, 0.29) is 28.0 Å². The van der Waals surface area contributed by atoms with Gasteiger partial charge in [0.1, 0.15) is 12.4 Å². The number of nitriles is 1.